The van der Waals surface area contributed by atoms with Crippen LogP contribution < -0.4 is 10.6 Å². The molecule has 1 saturated carbocycles. The van der Waals surface area contributed by atoms with Gasteiger partial charge in [-0.1, -0.05) is 19.8 Å². The average molecular weight is 234 g/mol. The molecule has 94 valence electrons. The molecule has 4 heteroatoms. The molecule has 4 nitrogen and oxygen atoms in total. The monoisotopic (exact) mass is 234 g/mol. The Kier molecular flexibility index (Phi) is 4.18. The minimum atomic E-state index is 0.954. The molecule has 0 bridgehead atoms. The Morgan fingerprint density at radius 2 is 1.82 bits per heavy atom. The van der Waals surface area contributed by atoms with E-state index in [2.05, 4.69) is 34.4 Å². The first-order valence-corrected chi connectivity index (χ1v) is 6.60. The van der Waals surface area contributed by atoms with Crippen LogP contribution in [0.3, 0.4) is 0 Å². The number of aromatic nitrogens is 2. The molecule has 2 rings (SSSR count). The molecular weight excluding hydrogens is 212 g/mol. The molecule has 0 spiro atoms. The number of nitrogens with zero attached hydrogens (tertiary/aromatic N) is 2. The molecule has 17 heavy (non-hydrogen) atoms. The van der Waals surface area contributed by atoms with Crippen LogP contribution in [0, 0.1) is 12.8 Å². The van der Waals surface area contributed by atoms with Crippen LogP contribution in [0.4, 0.5) is 11.6 Å². The highest BCUT2D eigenvalue weighted by atomic mass is 15.1. The van der Waals surface area contributed by atoms with Gasteiger partial charge in [-0.2, -0.15) is 0 Å². The second kappa shape index (κ2) is 5.84. The third-order valence-electron chi connectivity index (χ3n) is 3.17. The molecule has 0 saturated heterocycles. The minimum absolute atomic E-state index is 0.954. The Bertz CT molecular complexity index is 360. The average Bonchev–Trinajstić information content (AvgIpc) is 3.14. The molecule has 1 heterocycles. The lowest BCUT2D eigenvalue weighted by atomic mass is 10.2. The van der Waals surface area contributed by atoms with Gasteiger partial charge in [0.15, 0.2) is 0 Å². The van der Waals surface area contributed by atoms with Crippen LogP contribution in [-0.4, -0.2) is 23.1 Å². The highest BCUT2D eigenvalue weighted by Crippen LogP contribution is 2.32. The molecule has 1 aromatic rings. The molecule has 1 aliphatic carbocycles. The standard InChI is InChI=1S/C13H22N4/c1-3-7-14-12-10(2)13(17-9-16-12)15-8-6-11-4-5-11/h9,11H,3-8H2,1-2H3,(H2,14,15,16,17). The predicted octanol–water partition coefficient (Wildman–Crippen LogP) is 2.82. The van der Waals surface area contributed by atoms with Crippen molar-refractivity contribution in [3.8, 4) is 0 Å². The second-order valence-electron chi connectivity index (χ2n) is 4.78. The van der Waals surface area contributed by atoms with Gasteiger partial charge in [-0.15, -0.1) is 0 Å². The van der Waals surface area contributed by atoms with Crippen LogP contribution >= 0.6 is 0 Å². The molecule has 0 amide bonds. The number of anilines is 2. The van der Waals surface area contributed by atoms with Gasteiger partial charge < -0.3 is 10.6 Å². The molecule has 0 aromatic carbocycles. The topological polar surface area (TPSA) is 49.8 Å². The van der Waals surface area contributed by atoms with E-state index >= 15 is 0 Å². The Hall–Kier alpha value is -1.32. The van der Waals surface area contributed by atoms with E-state index in [1.807, 2.05) is 0 Å². The van der Waals surface area contributed by atoms with Gasteiger partial charge in [0.05, 0.1) is 0 Å². The molecule has 1 aromatic heterocycles. The summed E-state index contributed by atoms with van der Waals surface area (Å²) in [5.74, 6) is 2.89. The van der Waals surface area contributed by atoms with Crippen LogP contribution in [0.2, 0.25) is 0 Å². The molecular formula is C13H22N4. The molecule has 1 fully saturated rings. The van der Waals surface area contributed by atoms with Crippen molar-refractivity contribution in [3.63, 3.8) is 0 Å². The van der Waals surface area contributed by atoms with Gasteiger partial charge in [0.1, 0.15) is 18.0 Å². The Morgan fingerprint density at radius 3 is 2.41 bits per heavy atom. The Morgan fingerprint density at radius 1 is 1.18 bits per heavy atom. The van der Waals surface area contributed by atoms with E-state index in [1.54, 1.807) is 6.33 Å². The van der Waals surface area contributed by atoms with Gasteiger partial charge >= 0.3 is 0 Å². The van der Waals surface area contributed by atoms with Crippen molar-refractivity contribution in [1.29, 1.82) is 0 Å². The molecule has 0 radical (unpaired) electrons. The molecule has 0 atom stereocenters. The summed E-state index contributed by atoms with van der Waals surface area (Å²) in [6.07, 6.45) is 6.82. The first-order chi connectivity index (χ1) is 8.31. The third kappa shape index (κ3) is 3.58. The van der Waals surface area contributed by atoms with Crippen LogP contribution in [0.1, 0.15) is 38.2 Å². The highest BCUT2D eigenvalue weighted by Gasteiger charge is 2.20. The largest absolute Gasteiger partial charge is 0.370 e. The summed E-state index contributed by atoms with van der Waals surface area (Å²) in [4.78, 5) is 8.57. The summed E-state index contributed by atoms with van der Waals surface area (Å²) in [6.45, 7) is 6.20. The lowest BCUT2D eigenvalue weighted by Crippen LogP contribution is -2.10. The van der Waals surface area contributed by atoms with Crippen molar-refractivity contribution in [2.24, 2.45) is 5.92 Å². The van der Waals surface area contributed by atoms with E-state index in [0.717, 1.165) is 42.6 Å². The van der Waals surface area contributed by atoms with E-state index in [0.29, 0.717) is 0 Å². The quantitative estimate of drug-likeness (QED) is 0.761. The Balaban J connectivity index is 1.90. The number of rotatable bonds is 7. The first kappa shape index (κ1) is 12.1. The van der Waals surface area contributed by atoms with Gasteiger partial charge in [-0.3, -0.25) is 0 Å². The normalized spacial score (nSPS) is 14.7. The SMILES string of the molecule is CCCNc1ncnc(NCCC2CC2)c1C. The van der Waals surface area contributed by atoms with Crippen molar-refractivity contribution in [2.45, 2.75) is 39.5 Å². The highest BCUT2D eigenvalue weighted by molar-refractivity contribution is 5.56. The summed E-state index contributed by atoms with van der Waals surface area (Å²) in [5.41, 5.74) is 1.12. The zero-order valence-corrected chi connectivity index (χ0v) is 10.8. The van der Waals surface area contributed by atoms with Crippen molar-refractivity contribution >= 4 is 11.6 Å². The summed E-state index contributed by atoms with van der Waals surface area (Å²) in [6, 6.07) is 0. The van der Waals surface area contributed by atoms with Gasteiger partial charge in [-0.05, 0) is 25.7 Å². The molecule has 0 aliphatic heterocycles. The summed E-state index contributed by atoms with van der Waals surface area (Å²) >= 11 is 0. The minimum Gasteiger partial charge on any atom is -0.370 e. The van der Waals surface area contributed by atoms with Crippen LogP contribution in [-0.2, 0) is 0 Å². The Labute approximate surface area is 103 Å². The van der Waals surface area contributed by atoms with E-state index in [4.69, 9.17) is 0 Å². The molecule has 1 aliphatic rings. The summed E-state index contributed by atoms with van der Waals surface area (Å²) in [7, 11) is 0. The van der Waals surface area contributed by atoms with Gasteiger partial charge in [-0.25, -0.2) is 9.97 Å². The van der Waals surface area contributed by atoms with Crippen LogP contribution in [0.25, 0.3) is 0 Å². The summed E-state index contributed by atoms with van der Waals surface area (Å²) in [5, 5.41) is 6.73. The van der Waals surface area contributed by atoms with E-state index < -0.39 is 0 Å². The maximum absolute atomic E-state index is 4.30. The van der Waals surface area contributed by atoms with Crippen LogP contribution in [0.15, 0.2) is 6.33 Å². The predicted molar refractivity (Wildman–Crippen MR) is 71.4 cm³/mol. The maximum Gasteiger partial charge on any atom is 0.134 e. The molecule has 2 N–H and O–H groups in total. The zero-order valence-electron chi connectivity index (χ0n) is 10.8. The second-order valence-corrected chi connectivity index (χ2v) is 4.78. The fraction of sp³-hybridized carbons (Fsp3) is 0.692. The fourth-order valence-corrected chi connectivity index (χ4v) is 1.85. The third-order valence-corrected chi connectivity index (χ3v) is 3.17. The van der Waals surface area contributed by atoms with Crippen molar-refractivity contribution < 1.29 is 0 Å². The summed E-state index contributed by atoms with van der Waals surface area (Å²) < 4.78 is 0. The number of nitrogens with one attached hydrogen (secondary N) is 2. The zero-order chi connectivity index (χ0) is 12.1. The fourth-order valence-electron chi connectivity index (χ4n) is 1.85. The first-order valence-electron chi connectivity index (χ1n) is 6.60. The smallest absolute Gasteiger partial charge is 0.134 e. The van der Waals surface area contributed by atoms with Crippen molar-refractivity contribution in [3.05, 3.63) is 11.9 Å². The van der Waals surface area contributed by atoms with Crippen LogP contribution in [0.5, 0.6) is 0 Å². The number of hydrogen-bond acceptors (Lipinski definition) is 4. The number of hydrogen-bond donors (Lipinski definition) is 2. The van der Waals surface area contributed by atoms with Gasteiger partial charge in [0.25, 0.3) is 0 Å². The van der Waals surface area contributed by atoms with E-state index in [9.17, 15) is 0 Å². The van der Waals surface area contributed by atoms with Gasteiger partial charge in [0, 0.05) is 18.7 Å². The van der Waals surface area contributed by atoms with E-state index in [1.165, 1.54) is 19.3 Å². The molecule has 0 unspecified atom stereocenters. The lowest BCUT2D eigenvalue weighted by molar-refractivity contribution is 0.757. The van der Waals surface area contributed by atoms with E-state index in [-0.39, 0.29) is 0 Å². The van der Waals surface area contributed by atoms with Crippen molar-refractivity contribution in [2.75, 3.05) is 23.7 Å². The lowest BCUT2D eigenvalue weighted by Gasteiger charge is -2.12. The maximum atomic E-state index is 4.30. The van der Waals surface area contributed by atoms with Gasteiger partial charge in [0.2, 0.25) is 0 Å². The van der Waals surface area contributed by atoms with Crippen molar-refractivity contribution in [1.82, 2.24) is 9.97 Å².